The molecule has 0 radical (unpaired) electrons. The van der Waals surface area contributed by atoms with Crippen molar-refractivity contribution in [2.24, 2.45) is 5.92 Å². The molecule has 0 unspecified atom stereocenters. The lowest BCUT2D eigenvalue weighted by Gasteiger charge is -2.28. The van der Waals surface area contributed by atoms with E-state index in [2.05, 4.69) is 34.5 Å². The van der Waals surface area contributed by atoms with Crippen molar-refractivity contribution in [2.45, 2.75) is 19.4 Å². The Labute approximate surface area is 178 Å². The second kappa shape index (κ2) is 11.3. The molecule has 0 bridgehead atoms. The molecule has 1 aliphatic heterocycles. The molecule has 0 aromatic heterocycles. The Hall–Kier alpha value is -1.95. The number of halogens is 1. The molecule has 2 aromatic carbocycles. The van der Waals surface area contributed by atoms with Crippen LogP contribution in [0, 0.1) is 5.92 Å². The summed E-state index contributed by atoms with van der Waals surface area (Å²) >= 11 is 6.10. The van der Waals surface area contributed by atoms with Gasteiger partial charge in [-0.25, -0.2) is 0 Å². The number of nitrogens with one attached hydrogen (secondary N) is 1. The average Bonchev–Trinajstić information content (AvgIpc) is 3.25. The van der Waals surface area contributed by atoms with Crippen LogP contribution in [0.5, 0.6) is 11.5 Å². The van der Waals surface area contributed by atoms with E-state index in [9.17, 15) is 0 Å². The highest BCUT2D eigenvalue weighted by atomic mass is 35.5. The van der Waals surface area contributed by atoms with Gasteiger partial charge in [-0.2, -0.15) is 0 Å². The summed E-state index contributed by atoms with van der Waals surface area (Å²) in [4.78, 5) is 2.42. The summed E-state index contributed by atoms with van der Waals surface area (Å²) in [6.45, 7) is 5.26. The fourth-order valence-corrected chi connectivity index (χ4v) is 3.76. The number of benzene rings is 2. The van der Waals surface area contributed by atoms with Crippen molar-refractivity contribution < 1.29 is 14.2 Å². The van der Waals surface area contributed by atoms with Gasteiger partial charge in [0.05, 0.1) is 13.7 Å². The molecule has 1 saturated heterocycles. The summed E-state index contributed by atoms with van der Waals surface area (Å²) in [5.74, 6) is 2.18. The Kier molecular flexibility index (Phi) is 8.47. The van der Waals surface area contributed by atoms with Gasteiger partial charge < -0.3 is 24.4 Å². The molecule has 1 fully saturated rings. The highest BCUT2D eigenvalue weighted by Crippen LogP contribution is 2.30. The summed E-state index contributed by atoms with van der Waals surface area (Å²) in [5, 5.41) is 4.22. The first-order valence-corrected chi connectivity index (χ1v) is 10.6. The molecule has 1 N–H and O–H groups in total. The van der Waals surface area contributed by atoms with Gasteiger partial charge in [0.15, 0.2) is 11.5 Å². The van der Waals surface area contributed by atoms with E-state index < -0.39 is 0 Å². The van der Waals surface area contributed by atoms with Crippen LogP contribution >= 0.6 is 11.6 Å². The van der Waals surface area contributed by atoms with Gasteiger partial charge in [-0.3, -0.25) is 0 Å². The lowest BCUT2D eigenvalue weighted by atomic mass is 10.1. The van der Waals surface area contributed by atoms with Gasteiger partial charge in [0.25, 0.3) is 0 Å². The first-order valence-electron chi connectivity index (χ1n) is 10.2. The Bertz CT molecular complexity index is 748. The maximum Gasteiger partial charge on any atom is 0.161 e. The lowest BCUT2D eigenvalue weighted by molar-refractivity contribution is 0.170. The second-order valence-electron chi connectivity index (χ2n) is 7.40. The molecule has 0 amide bonds. The molecule has 5 nitrogen and oxygen atoms in total. The van der Waals surface area contributed by atoms with Crippen molar-refractivity contribution in [3.8, 4) is 11.5 Å². The minimum atomic E-state index is 0.599. The van der Waals surface area contributed by atoms with Crippen LogP contribution in [-0.2, 0) is 11.3 Å². The van der Waals surface area contributed by atoms with Gasteiger partial charge in [0.1, 0.15) is 0 Å². The van der Waals surface area contributed by atoms with Crippen molar-refractivity contribution >= 4 is 17.3 Å². The quantitative estimate of drug-likeness (QED) is 0.548. The van der Waals surface area contributed by atoms with E-state index in [1.165, 1.54) is 17.7 Å². The van der Waals surface area contributed by atoms with Crippen molar-refractivity contribution in [3.05, 3.63) is 53.1 Å². The third kappa shape index (κ3) is 6.53. The van der Waals surface area contributed by atoms with Gasteiger partial charge in [0.2, 0.25) is 0 Å². The van der Waals surface area contributed by atoms with Crippen LogP contribution in [0.1, 0.15) is 18.4 Å². The van der Waals surface area contributed by atoms with E-state index in [0.717, 1.165) is 49.1 Å². The molecule has 158 valence electrons. The average molecular weight is 419 g/mol. The number of hydrogen-bond donors (Lipinski definition) is 1. The summed E-state index contributed by atoms with van der Waals surface area (Å²) < 4.78 is 16.5. The maximum absolute atomic E-state index is 6.10. The van der Waals surface area contributed by atoms with Crippen LogP contribution in [0.2, 0.25) is 5.02 Å². The maximum atomic E-state index is 6.10. The summed E-state index contributed by atoms with van der Waals surface area (Å²) in [5.41, 5.74) is 2.37. The monoisotopic (exact) mass is 418 g/mol. The molecule has 0 spiro atoms. The molecule has 29 heavy (non-hydrogen) atoms. The molecule has 1 heterocycles. The minimum Gasteiger partial charge on any atom is -0.493 e. The fraction of sp³-hybridized carbons (Fsp3) is 0.478. The largest absolute Gasteiger partial charge is 0.493 e. The molecule has 3 rings (SSSR count). The molecule has 2 aromatic rings. The van der Waals surface area contributed by atoms with Crippen molar-refractivity contribution in [3.63, 3.8) is 0 Å². The predicted molar refractivity (Wildman–Crippen MR) is 118 cm³/mol. The SMILES string of the molecule is COCCCOc1cc(CN(C[C@H]2CCNC2)c2ccc(Cl)cc2)ccc1OC. The zero-order valence-corrected chi connectivity index (χ0v) is 18.1. The van der Waals surface area contributed by atoms with Crippen molar-refractivity contribution in [1.82, 2.24) is 5.32 Å². The molecular weight excluding hydrogens is 388 g/mol. The lowest BCUT2D eigenvalue weighted by Crippen LogP contribution is -2.30. The Morgan fingerprint density at radius 3 is 2.59 bits per heavy atom. The normalized spacial score (nSPS) is 16.0. The van der Waals surface area contributed by atoms with Crippen LogP contribution in [0.15, 0.2) is 42.5 Å². The Balaban J connectivity index is 1.75. The van der Waals surface area contributed by atoms with Crippen molar-refractivity contribution in [2.75, 3.05) is 52.0 Å². The number of methoxy groups -OCH3 is 2. The molecule has 6 heteroatoms. The smallest absolute Gasteiger partial charge is 0.161 e. The zero-order valence-electron chi connectivity index (χ0n) is 17.3. The molecule has 1 atom stereocenters. The standard InChI is InChI=1S/C23H31ClN2O3/c1-27-12-3-13-29-23-14-18(4-9-22(23)28-2)16-26(17-19-10-11-25-15-19)21-7-5-20(24)6-8-21/h4-9,14,19,25H,3,10-13,15-17H2,1-2H3/t19-/m0/s1. The predicted octanol–water partition coefficient (Wildman–Crippen LogP) is 4.38. The number of ether oxygens (including phenoxy) is 3. The zero-order chi connectivity index (χ0) is 20.5. The number of hydrogen-bond acceptors (Lipinski definition) is 5. The number of nitrogens with zero attached hydrogens (tertiary/aromatic N) is 1. The van der Waals surface area contributed by atoms with Gasteiger partial charge in [-0.1, -0.05) is 17.7 Å². The second-order valence-corrected chi connectivity index (χ2v) is 7.83. The van der Waals surface area contributed by atoms with Crippen LogP contribution < -0.4 is 19.7 Å². The first kappa shape index (κ1) is 21.8. The highest BCUT2D eigenvalue weighted by Gasteiger charge is 2.19. The van der Waals surface area contributed by atoms with Crippen LogP contribution in [0.4, 0.5) is 5.69 Å². The van der Waals surface area contributed by atoms with Gasteiger partial charge >= 0.3 is 0 Å². The van der Waals surface area contributed by atoms with E-state index in [1.807, 2.05) is 18.2 Å². The molecule has 1 aliphatic rings. The minimum absolute atomic E-state index is 0.599. The van der Waals surface area contributed by atoms with Crippen LogP contribution in [0.3, 0.4) is 0 Å². The first-order chi connectivity index (χ1) is 14.2. The third-order valence-corrected chi connectivity index (χ3v) is 5.44. The summed E-state index contributed by atoms with van der Waals surface area (Å²) in [7, 11) is 3.37. The Morgan fingerprint density at radius 2 is 1.90 bits per heavy atom. The van der Waals surface area contributed by atoms with Gasteiger partial charge in [-0.15, -0.1) is 0 Å². The molecular formula is C23H31ClN2O3. The van der Waals surface area contributed by atoms with E-state index in [-0.39, 0.29) is 0 Å². The molecule has 0 saturated carbocycles. The van der Waals surface area contributed by atoms with E-state index >= 15 is 0 Å². The van der Waals surface area contributed by atoms with Crippen LogP contribution in [-0.4, -0.2) is 47.1 Å². The Morgan fingerprint density at radius 1 is 1.07 bits per heavy atom. The molecule has 0 aliphatic carbocycles. The fourth-order valence-electron chi connectivity index (χ4n) is 3.63. The van der Waals surface area contributed by atoms with Gasteiger partial charge in [0, 0.05) is 43.9 Å². The van der Waals surface area contributed by atoms with E-state index in [1.54, 1.807) is 14.2 Å². The highest BCUT2D eigenvalue weighted by molar-refractivity contribution is 6.30. The van der Waals surface area contributed by atoms with E-state index in [0.29, 0.717) is 19.1 Å². The van der Waals surface area contributed by atoms with Crippen LogP contribution in [0.25, 0.3) is 0 Å². The summed E-state index contributed by atoms with van der Waals surface area (Å²) in [6, 6.07) is 14.3. The van der Waals surface area contributed by atoms with E-state index in [4.69, 9.17) is 25.8 Å². The van der Waals surface area contributed by atoms with Gasteiger partial charge in [-0.05, 0) is 67.4 Å². The summed E-state index contributed by atoms with van der Waals surface area (Å²) in [6.07, 6.45) is 2.05. The number of anilines is 1. The third-order valence-electron chi connectivity index (χ3n) is 5.18. The van der Waals surface area contributed by atoms with Crippen molar-refractivity contribution in [1.29, 1.82) is 0 Å². The number of rotatable bonds is 11. The topological polar surface area (TPSA) is 43.0 Å².